The third kappa shape index (κ3) is 4.24. The van der Waals surface area contributed by atoms with Gasteiger partial charge in [-0.2, -0.15) is 0 Å². The Morgan fingerprint density at radius 3 is 2.42 bits per heavy atom. The first-order valence-electron chi connectivity index (χ1n) is 8.38. The van der Waals surface area contributed by atoms with Gasteiger partial charge in [0.05, 0.1) is 0 Å². The van der Waals surface area contributed by atoms with E-state index in [0.29, 0.717) is 29.1 Å². The lowest BCUT2D eigenvalue weighted by Gasteiger charge is -2.09. The maximum atomic E-state index is 12.5. The lowest BCUT2D eigenvalue weighted by atomic mass is 10.0. The molecule has 3 rings (SSSR count). The molecule has 2 N–H and O–H groups in total. The number of nitrogens with zero attached hydrogens (tertiary/aromatic N) is 3. The molecule has 3 aromatic rings. The Morgan fingerprint density at radius 2 is 1.81 bits per heavy atom. The summed E-state index contributed by atoms with van der Waals surface area (Å²) in [6.07, 6.45) is 0. The topological polar surface area (TPSA) is 92.9 Å². The minimum Gasteiger partial charge on any atom is -0.360 e. The van der Waals surface area contributed by atoms with E-state index in [2.05, 4.69) is 39.6 Å². The highest BCUT2D eigenvalue weighted by Gasteiger charge is 2.12. The molecule has 0 bridgehead atoms. The van der Waals surface area contributed by atoms with Crippen molar-refractivity contribution in [3.63, 3.8) is 0 Å². The fraction of sp³-hybridized carbons (Fsp3) is 0.263. The smallest absolute Gasteiger partial charge is 0.274 e. The number of aryl methyl sites for hydroxylation is 2. The Balaban J connectivity index is 1.76. The van der Waals surface area contributed by atoms with E-state index in [9.17, 15) is 4.79 Å². The maximum absolute atomic E-state index is 12.5. The van der Waals surface area contributed by atoms with Gasteiger partial charge in [-0.1, -0.05) is 31.1 Å². The first-order valence-corrected chi connectivity index (χ1v) is 8.38. The molecule has 0 aliphatic carbocycles. The minimum absolute atomic E-state index is 0.271. The average Bonchev–Trinajstić information content (AvgIpc) is 2.99. The van der Waals surface area contributed by atoms with Crippen LogP contribution in [0.5, 0.6) is 0 Å². The highest BCUT2D eigenvalue weighted by molar-refractivity contribution is 6.03. The van der Waals surface area contributed by atoms with Gasteiger partial charge in [0.25, 0.3) is 5.91 Å². The van der Waals surface area contributed by atoms with Crippen molar-refractivity contribution in [3.8, 4) is 0 Å². The van der Waals surface area contributed by atoms with Crippen molar-refractivity contribution in [3.05, 3.63) is 59.1 Å². The second-order valence-corrected chi connectivity index (χ2v) is 6.40. The summed E-state index contributed by atoms with van der Waals surface area (Å²) in [6, 6.07) is 11.1. The highest BCUT2D eigenvalue weighted by Crippen LogP contribution is 2.18. The summed E-state index contributed by atoms with van der Waals surface area (Å²) in [4.78, 5) is 21.1. The first-order chi connectivity index (χ1) is 12.4. The molecule has 0 saturated heterocycles. The summed E-state index contributed by atoms with van der Waals surface area (Å²) in [5, 5.41) is 9.63. The van der Waals surface area contributed by atoms with E-state index in [1.54, 1.807) is 26.0 Å². The molecule has 7 nitrogen and oxygen atoms in total. The maximum Gasteiger partial charge on any atom is 0.274 e. The van der Waals surface area contributed by atoms with Crippen molar-refractivity contribution in [2.75, 3.05) is 10.6 Å². The molecule has 1 aromatic carbocycles. The molecule has 0 spiro atoms. The number of nitrogens with one attached hydrogen (secondary N) is 2. The molecule has 7 heteroatoms. The lowest BCUT2D eigenvalue weighted by Crippen LogP contribution is -2.15. The molecule has 1 amide bonds. The molecule has 0 atom stereocenters. The van der Waals surface area contributed by atoms with E-state index in [1.807, 2.05) is 24.3 Å². The fourth-order valence-corrected chi connectivity index (χ4v) is 2.43. The Morgan fingerprint density at radius 1 is 1.08 bits per heavy atom. The van der Waals surface area contributed by atoms with Crippen molar-refractivity contribution in [2.24, 2.45) is 0 Å². The van der Waals surface area contributed by atoms with Crippen molar-refractivity contribution < 1.29 is 9.32 Å². The van der Waals surface area contributed by atoms with Gasteiger partial charge in [0.1, 0.15) is 11.5 Å². The molecular formula is C19H21N5O2. The van der Waals surface area contributed by atoms with E-state index in [4.69, 9.17) is 4.52 Å². The van der Waals surface area contributed by atoms with E-state index in [1.165, 1.54) is 5.56 Å². The minimum atomic E-state index is -0.299. The predicted molar refractivity (Wildman–Crippen MR) is 99.8 cm³/mol. The number of aromatic nitrogens is 3. The summed E-state index contributed by atoms with van der Waals surface area (Å²) in [6.45, 7) is 7.85. The molecule has 0 aliphatic heterocycles. The zero-order valence-electron chi connectivity index (χ0n) is 15.2. The summed E-state index contributed by atoms with van der Waals surface area (Å²) >= 11 is 0. The number of hydrogen-bond acceptors (Lipinski definition) is 6. The van der Waals surface area contributed by atoms with Crippen molar-refractivity contribution in [1.82, 2.24) is 15.1 Å². The van der Waals surface area contributed by atoms with Gasteiger partial charge in [-0.15, -0.1) is 0 Å². The number of benzene rings is 1. The highest BCUT2D eigenvalue weighted by atomic mass is 16.5. The summed E-state index contributed by atoms with van der Waals surface area (Å²) < 4.78 is 5.00. The number of rotatable bonds is 5. The molecule has 26 heavy (non-hydrogen) atoms. The van der Waals surface area contributed by atoms with Gasteiger partial charge in [0, 0.05) is 17.4 Å². The second-order valence-electron chi connectivity index (χ2n) is 6.40. The van der Waals surface area contributed by atoms with Crippen molar-refractivity contribution in [1.29, 1.82) is 0 Å². The molecule has 0 radical (unpaired) electrons. The number of anilines is 3. The summed E-state index contributed by atoms with van der Waals surface area (Å²) in [7, 11) is 0. The Bertz CT molecular complexity index is 916. The molecule has 0 fully saturated rings. The van der Waals surface area contributed by atoms with Gasteiger partial charge < -0.3 is 15.2 Å². The number of carbonyl (C=O) groups is 1. The molecule has 0 aliphatic rings. The van der Waals surface area contributed by atoms with Crippen molar-refractivity contribution >= 4 is 23.4 Å². The summed E-state index contributed by atoms with van der Waals surface area (Å²) in [5.41, 5.74) is 2.88. The van der Waals surface area contributed by atoms with Crippen LogP contribution in [-0.2, 0) is 0 Å². The standard InChI is InChI=1S/C19H21N5O2/c1-11(2)14-5-7-15(8-6-14)21-18(25)16-9-12(3)20-19(22-16)23-17-10-13(4)26-24-17/h5-11H,1-4H3,(H,21,25)(H,20,22,23,24). The lowest BCUT2D eigenvalue weighted by molar-refractivity contribution is 0.102. The van der Waals surface area contributed by atoms with Gasteiger partial charge in [0.15, 0.2) is 5.82 Å². The van der Waals surface area contributed by atoms with Crippen molar-refractivity contribution in [2.45, 2.75) is 33.6 Å². The van der Waals surface area contributed by atoms with Crippen LogP contribution in [0.2, 0.25) is 0 Å². The Labute approximate surface area is 151 Å². The largest absolute Gasteiger partial charge is 0.360 e. The molecular weight excluding hydrogens is 330 g/mol. The molecule has 2 heterocycles. The number of amides is 1. The van der Waals surface area contributed by atoms with Crippen LogP contribution in [-0.4, -0.2) is 21.0 Å². The van der Waals surface area contributed by atoms with Crippen LogP contribution in [0, 0.1) is 13.8 Å². The monoisotopic (exact) mass is 351 g/mol. The zero-order chi connectivity index (χ0) is 18.7. The van der Waals surface area contributed by atoms with E-state index in [-0.39, 0.29) is 11.6 Å². The predicted octanol–water partition coefficient (Wildman–Crippen LogP) is 4.20. The van der Waals surface area contributed by atoms with E-state index < -0.39 is 0 Å². The third-order valence-electron chi connectivity index (χ3n) is 3.79. The Hall–Kier alpha value is -3.22. The quantitative estimate of drug-likeness (QED) is 0.715. The average molecular weight is 351 g/mol. The first kappa shape index (κ1) is 17.6. The van der Waals surface area contributed by atoms with Crippen LogP contribution < -0.4 is 10.6 Å². The van der Waals surface area contributed by atoms with Crippen LogP contribution in [0.1, 0.15) is 47.3 Å². The fourth-order valence-electron chi connectivity index (χ4n) is 2.43. The van der Waals surface area contributed by atoms with Gasteiger partial charge >= 0.3 is 0 Å². The number of carbonyl (C=O) groups excluding carboxylic acids is 1. The normalized spacial score (nSPS) is 10.8. The van der Waals surface area contributed by atoms with Gasteiger partial charge in [-0.3, -0.25) is 4.79 Å². The zero-order valence-corrected chi connectivity index (χ0v) is 15.2. The Kier molecular flexibility index (Phi) is 4.97. The van der Waals surface area contributed by atoms with Crippen LogP contribution in [0.4, 0.5) is 17.5 Å². The third-order valence-corrected chi connectivity index (χ3v) is 3.79. The molecule has 0 saturated carbocycles. The van der Waals surface area contributed by atoms with Crippen LogP contribution in [0.25, 0.3) is 0 Å². The van der Waals surface area contributed by atoms with Crippen LogP contribution >= 0.6 is 0 Å². The molecule has 134 valence electrons. The van der Waals surface area contributed by atoms with Gasteiger partial charge in [0.2, 0.25) is 5.95 Å². The summed E-state index contributed by atoms with van der Waals surface area (Å²) in [5.74, 6) is 1.59. The van der Waals surface area contributed by atoms with Gasteiger partial charge in [-0.25, -0.2) is 9.97 Å². The van der Waals surface area contributed by atoms with Crippen LogP contribution in [0.15, 0.2) is 40.9 Å². The van der Waals surface area contributed by atoms with Crippen LogP contribution in [0.3, 0.4) is 0 Å². The molecule has 2 aromatic heterocycles. The van der Waals surface area contributed by atoms with E-state index >= 15 is 0 Å². The molecule has 0 unspecified atom stereocenters. The second kappa shape index (κ2) is 7.35. The van der Waals surface area contributed by atoms with Gasteiger partial charge in [-0.05, 0) is 43.5 Å². The van der Waals surface area contributed by atoms with E-state index in [0.717, 1.165) is 5.69 Å². The SMILES string of the molecule is Cc1cc(C(=O)Nc2ccc(C(C)C)cc2)nc(Nc2cc(C)on2)n1. The number of hydrogen-bond donors (Lipinski definition) is 2.